The highest BCUT2D eigenvalue weighted by molar-refractivity contribution is 7.16. The molecule has 5 nitrogen and oxygen atoms in total. The number of carboxylic acids is 1. The quantitative estimate of drug-likeness (QED) is 0.940. The molecule has 0 atom stereocenters. The van der Waals surface area contributed by atoms with E-state index in [4.69, 9.17) is 0 Å². The molecular formula is C15H19N3O2S. The fourth-order valence-electron chi connectivity index (χ4n) is 3.22. The molecule has 2 aromatic rings. The van der Waals surface area contributed by atoms with Crippen LogP contribution in [0.15, 0.2) is 17.8 Å². The topological polar surface area (TPSA) is 66.3 Å². The summed E-state index contributed by atoms with van der Waals surface area (Å²) in [6.45, 7) is 3.54. The minimum absolute atomic E-state index is 0.550. The molecule has 0 unspecified atom stereocenters. The van der Waals surface area contributed by atoms with Gasteiger partial charge in [0.1, 0.15) is 17.0 Å². The van der Waals surface area contributed by atoms with E-state index < -0.39 is 11.4 Å². The smallest absolute Gasteiger partial charge is 0.309 e. The Labute approximate surface area is 127 Å². The Hall–Kier alpha value is -1.69. The molecule has 112 valence electrons. The summed E-state index contributed by atoms with van der Waals surface area (Å²) in [6.07, 6.45) is 4.64. The Morgan fingerprint density at radius 1 is 1.43 bits per heavy atom. The molecule has 2 aromatic heterocycles. The SMILES string of the molecule is CCCC1(C(=O)O)CCN(c2ncnc3sccc23)CC1. The molecule has 0 spiro atoms. The predicted molar refractivity (Wildman–Crippen MR) is 83.8 cm³/mol. The Balaban J connectivity index is 1.82. The number of aliphatic carboxylic acids is 1. The molecule has 1 aliphatic rings. The number of hydrogen-bond acceptors (Lipinski definition) is 5. The Morgan fingerprint density at radius 3 is 2.86 bits per heavy atom. The summed E-state index contributed by atoms with van der Waals surface area (Å²) in [7, 11) is 0. The van der Waals surface area contributed by atoms with Crippen molar-refractivity contribution in [1.82, 2.24) is 9.97 Å². The lowest BCUT2D eigenvalue weighted by atomic mass is 9.75. The molecule has 1 N–H and O–H groups in total. The lowest BCUT2D eigenvalue weighted by Gasteiger charge is -2.39. The summed E-state index contributed by atoms with van der Waals surface area (Å²) in [4.78, 5) is 23.5. The number of rotatable bonds is 4. The van der Waals surface area contributed by atoms with Gasteiger partial charge in [-0.1, -0.05) is 13.3 Å². The van der Waals surface area contributed by atoms with E-state index >= 15 is 0 Å². The van der Waals surface area contributed by atoms with Crippen molar-refractivity contribution in [2.24, 2.45) is 5.41 Å². The predicted octanol–water partition coefficient (Wildman–Crippen LogP) is 3.16. The molecule has 0 bridgehead atoms. The monoisotopic (exact) mass is 305 g/mol. The van der Waals surface area contributed by atoms with Gasteiger partial charge < -0.3 is 10.0 Å². The second kappa shape index (κ2) is 5.60. The van der Waals surface area contributed by atoms with Crippen LogP contribution >= 0.6 is 11.3 Å². The van der Waals surface area contributed by atoms with Crippen LogP contribution in [-0.4, -0.2) is 34.1 Å². The van der Waals surface area contributed by atoms with E-state index in [0.717, 1.165) is 42.0 Å². The zero-order valence-electron chi connectivity index (χ0n) is 12.1. The highest BCUT2D eigenvalue weighted by Crippen LogP contribution is 2.38. The molecule has 0 aromatic carbocycles. The molecule has 1 aliphatic heterocycles. The molecule has 1 fully saturated rings. The summed E-state index contributed by atoms with van der Waals surface area (Å²) in [5.41, 5.74) is -0.550. The Morgan fingerprint density at radius 2 is 2.19 bits per heavy atom. The molecule has 0 amide bonds. The van der Waals surface area contributed by atoms with Crippen LogP contribution in [0, 0.1) is 5.41 Å². The lowest BCUT2D eigenvalue weighted by Crippen LogP contribution is -2.44. The van der Waals surface area contributed by atoms with Gasteiger partial charge in [0.05, 0.1) is 10.8 Å². The van der Waals surface area contributed by atoms with Gasteiger partial charge in [-0.05, 0) is 30.7 Å². The second-order valence-electron chi connectivity index (χ2n) is 5.66. The van der Waals surface area contributed by atoms with Gasteiger partial charge in [0.25, 0.3) is 0 Å². The van der Waals surface area contributed by atoms with E-state index in [1.807, 2.05) is 11.4 Å². The minimum Gasteiger partial charge on any atom is -0.481 e. The first-order chi connectivity index (χ1) is 10.2. The van der Waals surface area contributed by atoms with E-state index in [9.17, 15) is 9.90 Å². The molecule has 0 radical (unpaired) electrons. The van der Waals surface area contributed by atoms with E-state index in [1.54, 1.807) is 17.7 Å². The summed E-state index contributed by atoms with van der Waals surface area (Å²) in [5.74, 6) is 0.295. The highest BCUT2D eigenvalue weighted by Gasteiger charge is 2.41. The minimum atomic E-state index is -0.646. The first-order valence-electron chi connectivity index (χ1n) is 7.33. The summed E-state index contributed by atoms with van der Waals surface area (Å²) >= 11 is 1.61. The number of thiophene rings is 1. The Kier molecular flexibility index (Phi) is 3.80. The standard InChI is InChI=1S/C15H19N3O2S/c1-2-4-15(14(19)20)5-7-18(8-6-15)12-11-3-9-21-13(11)17-10-16-12/h3,9-10H,2,4-8H2,1H3,(H,19,20). The third-order valence-electron chi connectivity index (χ3n) is 4.44. The fourth-order valence-corrected chi connectivity index (χ4v) is 3.95. The van der Waals surface area contributed by atoms with Crippen molar-refractivity contribution in [2.45, 2.75) is 32.6 Å². The zero-order chi connectivity index (χ0) is 14.9. The second-order valence-corrected chi connectivity index (χ2v) is 6.55. The van der Waals surface area contributed by atoms with E-state index in [1.165, 1.54) is 0 Å². The number of nitrogens with zero attached hydrogens (tertiary/aromatic N) is 3. The van der Waals surface area contributed by atoms with Crippen LogP contribution < -0.4 is 4.90 Å². The number of carbonyl (C=O) groups is 1. The number of anilines is 1. The summed E-state index contributed by atoms with van der Waals surface area (Å²) in [5, 5.41) is 12.7. The van der Waals surface area contributed by atoms with Crippen LogP contribution in [0.2, 0.25) is 0 Å². The van der Waals surface area contributed by atoms with Crippen LogP contribution in [0.1, 0.15) is 32.6 Å². The van der Waals surface area contributed by atoms with Crippen molar-refractivity contribution in [3.8, 4) is 0 Å². The van der Waals surface area contributed by atoms with Gasteiger partial charge in [-0.25, -0.2) is 9.97 Å². The van der Waals surface area contributed by atoms with Crippen LogP contribution in [0.3, 0.4) is 0 Å². The van der Waals surface area contributed by atoms with Crippen LogP contribution in [0.4, 0.5) is 5.82 Å². The van der Waals surface area contributed by atoms with Crippen molar-refractivity contribution in [3.05, 3.63) is 17.8 Å². The van der Waals surface area contributed by atoms with Crippen molar-refractivity contribution in [1.29, 1.82) is 0 Å². The van der Waals surface area contributed by atoms with Crippen LogP contribution in [0.5, 0.6) is 0 Å². The first kappa shape index (κ1) is 14.3. The Bertz CT molecular complexity index is 647. The van der Waals surface area contributed by atoms with Crippen LogP contribution in [-0.2, 0) is 4.79 Å². The molecule has 6 heteroatoms. The van der Waals surface area contributed by atoms with Crippen molar-refractivity contribution in [3.63, 3.8) is 0 Å². The third-order valence-corrected chi connectivity index (χ3v) is 5.26. The molecule has 3 rings (SSSR count). The number of hydrogen-bond donors (Lipinski definition) is 1. The third kappa shape index (κ3) is 2.48. The normalized spacial score (nSPS) is 18.0. The lowest BCUT2D eigenvalue weighted by molar-refractivity contribution is -0.150. The average Bonchev–Trinajstić information content (AvgIpc) is 2.96. The maximum Gasteiger partial charge on any atom is 0.309 e. The number of fused-ring (bicyclic) bond motifs is 1. The fraction of sp³-hybridized carbons (Fsp3) is 0.533. The molecule has 0 saturated carbocycles. The summed E-state index contributed by atoms with van der Waals surface area (Å²) < 4.78 is 0. The van der Waals surface area contributed by atoms with Gasteiger partial charge in [0.15, 0.2) is 0 Å². The highest BCUT2D eigenvalue weighted by atomic mass is 32.1. The number of aromatic nitrogens is 2. The average molecular weight is 305 g/mol. The van der Waals surface area contributed by atoms with Gasteiger partial charge in [-0.15, -0.1) is 11.3 Å². The van der Waals surface area contributed by atoms with Gasteiger partial charge in [-0.2, -0.15) is 0 Å². The van der Waals surface area contributed by atoms with E-state index in [0.29, 0.717) is 12.8 Å². The van der Waals surface area contributed by atoms with Gasteiger partial charge >= 0.3 is 5.97 Å². The van der Waals surface area contributed by atoms with Crippen molar-refractivity contribution >= 4 is 33.3 Å². The zero-order valence-corrected chi connectivity index (χ0v) is 12.9. The van der Waals surface area contributed by atoms with Crippen LogP contribution in [0.25, 0.3) is 10.2 Å². The number of piperidine rings is 1. The molecule has 1 saturated heterocycles. The maximum absolute atomic E-state index is 11.6. The van der Waals surface area contributed by atoms with Gasteiger partial charge in [-0.3, -0.25) is 4.79 Å². The number of carboxylic acid groups (broad SMARTS) is 1. The first-order valence-corrected chi connectivity index (χ1v) is 8.21. The largest absolute Gasteiger partial charge is 0.481 e. The summed E-state index contributed by atoms with van der Waals surface area (Å²) in [6, 6.07) is 2.04. The van der Waals surface area contributed by atoms with Crippen molar-refractivity contribution < 1.29 is 9.90 Å². The van der Waals surface area contributed by atoms with Crippen molar-refractivity contribution in [2.75, 3.05) is 18.0 Å². The molecule has 21 heavy (non-hydrogen) atoms. The van der Waals surface area contributed by atoms with Gasteiger partial charge in [0, 0.05) is 13.1 Å². The molecular weight excluding hydrogens is 286 g/mol. The van der Waals surface area contributed by atoms with E-state index in [2.05, 4.69) is 21.8 Å². The maximum atomic E-state index is 11.6. The molecule has 0 aliphatic carbocycles. The van der Waals surface area contributed by atoms with E-state index in [-0.39, 0.29) is 0 Å². The van der Waals surface area contributed by atoms with Gasteiger partial charge in [0.2, 0.25) is 0 Å². The molecule has 3 heterocycles.